The van der Waals surface area contributed by atoms with Gasteiger partial charge in [0.1, 0.15) is 29.8 Å². The second-order valence-electron chi connectivity index (χ2n) is 11.9. The highest BCUT2D eigenvalue weighted by Gasteiger charge is 2.26. The van der Waals surface area contributed by atoms with Gasteiger partial charge in [-0.05, 0) is 56.7 Å². The summed E-state index contributed by atoms with van der Waals surface area (Å²) in [6.07, 6.45) is -0.863. The third-order valence-corrected chi connectivity index (χ3v) is 8.90. The molecule has 2 aliphatic rings. The van der Waals surface area contributed by atoms with Gasteiger partial charge in [0.05, 0.1) is 6.54 Å². The van der Waals surface area contributed by atoms with Crippen molar-refractivity contribution in [3.8, 4) is 5.75 Å². The van der Waals surface area contributed by atoms with Crippen LogP contribution in [-0.2, 0) is 9.59 Å². The molecule has 2 aromatic carbocycles. The van der Waals surface area contributed by atoms with Gasteiger partial charge in [-0.25, -0.2) is 0 Å². The molecule has 5 rings (SSSR count). The fourth-order valence-corrected chi connectivity index (χ4v) is 6.05. The topological polar surface area (TPSA) is 92.9 Å². The Morgan fingerprint density at radius 3 is 2.20 bits per heavy atom. The fraction of sp³-hybridized carbons (Fsp3) is 0.486. The van der Waals surface area contributed by atoms with Gasteiger partial charge in [-0.2, -0.15) is 0 Å². The predicted octanol–water partition coefficient (Wildman–Crippen LogP) is 3.60. The molecule has 1 N–H and O–H groups in total. The van der Waals surface area contributed by atoms with Crippen LogP contribution >= 0.6 is 0 Å². The number of anilines is 1. The first kappa shape index (κ1) is 32.5. The van der Waals surface area contributed by atoms with E-state index in [-0.39, 0.29) is 11.8 Å². The minimum absolute atomic E-state index is 0.000396. The number of furan rings is 1. The van der Waals surface area contributed by atoms with E-state index in [1.165, 1.54) is 0 Å². The number of amides is 2. The van der Waals surface area contributed by atoms with Gasteiger partial charge < -0.3 is 29.0 Å². The summed E-state index contributed by atoms with van der Waals surface area (Å²) >= 11 is 0. The molecule has 0 bridgehead atoms. The van der Waals surface area contributed by atoms with Crippen molar-refractivity contribution in [3.05, 3.63) is 72.0 Å². The van der Waals surface area contributed by atoms with Crippen LogP contribution in [-0.4, -0.2) is 122 Å². The molecule has 242 valence electrons. The van der Waals surface area contributed by atoms with Crippen molar-refractivity contribution < 1.29 is 23.8 Å². The van der Waals surface area contributed by atoms with Crippen LogP contribution in [0.15, 0.2) is 65.1 Å². The quantitative estimate of drug-likeness (QED) is 0.309. The number of aliphatic hydroxyl groups is 1. The van der Waals surface area contributed by atoms with Crippen LogP contribution in [0.1, 0.15) is 38.2 Å². The van der Waals surface area contributed by atoms with E-state index in [1.807, 2.05) is 52.3 Å². The van der Waals surface area contributed by atoms with Crippen LogP contribution in [0, 0.1) is 0 Å². The zero-order valence-corrected chi connectivity index (χ0v) is 26.9. The zero-order chi connectivity index (χ0) is 31.9. The molecule has 0 radical (unpaired) electrons. The summed E-state index contributed by atoms with van der Waals surface area (Å²) < 4.78 is 12.0. The van der Waals surface area contributed by atoms with Gasteiger partial charge >= 0.3 is 0 Å². The third-order valence-electron chi connectivity index (χ3n) is 8.90. The Morgan fingerprint density at radius 2 is 1.56 bits per heavy atom. The average Bonchev–Trinajstić information content (AvgIpc) is 3.49. The molecule has 0 saturated carbocycles. The molecule has 10 heteroatoms. The van der Waals surface area contributed by atoms with Gasteiger partial charge in [-0.1, -0.05) is 18.7 Å². The highest BCUT2D eigenvalue weighted by Crippen LogP contribution is 2.31. The molecule has 2 amide bonds. The summed E-state index contributed by atoms with van der Waals surface area (Å²) in [5, 5.41) is 12.0. The second kappa shape index (κ2) is 14.9. The summed E-state index contributed by atoms with van der Waals surface area (Å²) in [5.41, 5.74) is 3.18. The molecular weight excluding hydrogens is 570 g/mol. The molecule has 10 nitrogen and oxygen atoms in total. The predicted molar refractivity (Wildman–Crippen MR) is 177 cm³/mol. The Kier molecular flexibility index (Phi) is 10.8. The Morgan fingerprint density at radius 1 is 0.911 bits per heavy atom. The van der Waals surface area contributed by atoms with Crippen molar-refractivity contribution in [3.63, 3.8) is 0 Å². The number of benzene rings is 2. The van der Waals surface area contributed by atoms with Gasteiger partial charge in [0.25, 0.3) is 0 Å². The monoisotopic (exact) mass is 617 g/mol. The molecule has 0 aliphatic carbocycles. The Hall–Kier alpha value is -3.86. The maximum atomic E-state index is 12.9. The summed E-state index contributed by atoms with van der Waals surface area (Å²) in [7, 11) is 0. The third kappa shape index (κ3) is 8.06. The number of piperazine rings is 2. The molecule has 45 heavy (non-hydrogen) atoms. The number of carbonyl (C=O) groups excluding carboxylic acids is 2. The summed E-state index contributed by atoms with van der Waals surface area (Å²) in [6, 6.07) is 15.6. The highest BCUT2D eigenvalue weighted by molar-refractivity contribution is 5.92. The fourth-order valence-electron chi connectivity index (χ4n) is 6.05. The van der Waals surface area contributed by atoms with Crippen molar-refractivity contribution in [2.75, 3.05) is 90.0 Å². The number of aliphatic hydroxyl groups excluding tert-OH is 1. The maximum absolute atomic E-state index is 12.9. The Labute approximate surface area is 266 Å². The molecule has 1 unspecified atom stereocenters. The number of ether oxygens (including phenoxy) is 1. The van der Waals surface area contributed by atoms with Crippen LogP contribution in [0.3, 0.4) is 0 Å². The summed E-state index contributed by atoms with van der Waals surface area (Å²) in [5.74, 6) is 1.42. The lowest BCUT2D eigenvalue weighted by Crippen LogP contribution is -2.54. The Bertz CT molecular complexity index is 1450. The van der Waals surface area contributed by atoms with Crippen molar-refractivity contribution in [2.45, 2.75) is 26.9 Å². The minimum Gasteiger partial charge on any atom is -0.492 e. The number of nitrogens with zero attached hydrogens (tertiary/aromatic N) is 5. The largest absolute Gasteiger partial charge is 0.492 e. The van der Waals surface area contributed by atoms with Crippen LogP contribution in [0.2, 0.25) is 0 Å². The van der Waals surface area contributed by atoms with Crippen LogP contribution in [0.25, 0.3) is 11.0 Å². The molecule has 3 heterocycles. The van der Waals surface area contributed by atoms with Gasteiger partial charge in [0, 0.05) is 94.7 Å². The number of rotatable bonds is 12. The molecule has 2 aliphatic heterocycles. The summed E-state index contributed by atoms with van der Waals surface area (Å²) in [4.78, 5) is 35.5. The van der Waals surface area contributed by atoms with Crippen LogP contribution < -0.4 is 9.64 Å². The van der Waals surface area contributed by atoms with E-state index in [0.717, 1.165) is 60.7 Å². The normalized spacial score (nSPS) is 17.0. The average molecular weight is 618 g/mol. The lowest BCUT2D eigenvalue weighted by molar-refractivity contribution is -0.135. The first-order valence-corrected chi connectivity index (χ1v) is 16.1. The van der Waals surface area contributed by atoms with E-state index < -0.39 is 6.10 Å². The van der Waals surface area contributed by atoms with Gasteiger partial charge in [0.2, 0.25) is 11.8 Å². The molecule has 1 aromatic heterocycles. The molecular formula is C35H47N5O5. The highest BCUT2D eigenvalue weighted by atomic mass is 16.5. The van der Waals surface area contributed by atoms with Crippen LogP contribution in [0.5, 0.6) is 5.75 Å². The maximum Gasteiger partial charge on any atom is 0.248 e. The molecule has 0 spiro atoms. The lowest BCUT2D eigenvalue weighted by atomic mass is 10.1. The van der Waals surface area contributed by atoms with Gasteiger partial charge in [0.15, 0.2) is 0 Å². The lowest BCUT2D eigenvalue weighted by Gasteiger charge is -2.38. The number of hydrogen-bond donors (Lipinski definition) is 1. The zero-order valence-electron chi connectivity index (χ0n) is 26.9. The van der Waals surface area contributed by atoms with Gasteiger partial charge in [-0.3, -0.25) is 19.4 Å². The minimum atomic E-state index is -0.863. The van der Waals surface area contributed by atoms with Gasteiger partial charge in [-0.15, -0.1) is 0 Å². The number of fused-ring (bicyclic) bond motifs is 1. The van der Waals surface area contributed by atoms with Crippen molar-refractivity contribution >= 4 is 28.5 Å². The second-order valence-corrected chi connectivity index (χ2v) is 11.9. The number of carbonyl (C=O) groups is 2. The van der Waals surface area contributed by atoms with E-state index >= 15 is 0 Å². The van der Waals surface area contributed by atoms with Crippen molar-refractivity contribution in [1.82, 2.24) is 19.6 Å². The van der Waals surface area contributed by atoms with Crippen molar-refractivity contribution in [2.24, 2.45) is 0 Å². The van der Waals surface area contributed by atoms with E-state index in [9.17, 15) is 14.7 Å². The first-order chi connectivity index (χ1) is 21.7. The molecule has 2 fully saturated rings. The smallest absolute Gasteiger partial charge is 0.248 e. The van der Waals surface area contributed by atoms with Crippen molar-refractivity contribution in [1.29, 1.82) is 0 Å². The van der Waals surface area contributed by atoms with E-state index in [4.69, 9.17) is 9.15 Å². The molecule has 2 saturated heterocycles. The van der Waals surface area contributed by atoms with E-state index in [1.54, 1.807) is 6.92 Å². The van der Waals surface area contributed by atoms with E-state index in [0.29, 0.717) is 63.8 Å². The standard InChI is InChI=1S/C35H47N5O5/c1-5-38(6-2)29-10-7-28-23-32(45-31(28)24-29)34(42)27-8-11-30(12-9-27)44-22-21-36-13-17-39(18-14-36)33(41)25-37-15-19-40(20-16-37)35(43)26(3)4/h7-12,23-24,34,42H,3,5-6,13-22,25H2,1-2,4H3. The van der Waals surface area contributed by atoms with E-state index in [2.05, 4.69) is 41.2 Å². The Balaban J connectivity index is 1.02. The molecule has 1 atom stereocenters. The summed E-state index contributed by atoms with van der Waals surface area (Å²) in [6.45, 7) is 19.0. The number of hydrogen-bond acceptors (Lipinski definition) is 8. The molecule has 3 aromatic rings. The van der Waals surface area contributed by atoms with Crippen LogP contribution in [0.4, 0.5) is 5.69 Å². The first-order valence-electron chi connectivity index (χ1n) is 16.1. The SMILES string of the molecule is C=C(C)C(=O)N1CCN(CC(=O)N2CCN(CCOc3ccc(C(O)c4cc5ccc(N(CC)CC)cc5o4)cc3)CC2)CC1.